The van der Waals surface area contributed by atoms with Crippen LogP contribution in [0.5, 0.6) is 0 Å². The minimum absolute atomic E-state index is 0.307. The Labute approximate surface area is 95.0 Å². The number of rotatable bonds is 0. The van der Waals surface area contributed by atoms with Gasteiger partial charge in [-0.3, -0.25) is 0 Å². The molecule has 0 saturated heterocycles. The van der Waals surface area contributed by atoms with Crippen molar-refractivity contribution in [3.8, 4) is 0 Å². The van der Waals surface area contributed by atoms with Crippen LogP contribution in [0.3, 0.4) is 0 Å². The van der Waals surface area contributed by atoms with Crippen LogP contribution in [0.1, 0.15) is 11.1 Å². The van der Waals surface area contributed by atoms with Crippen LogP contribution in [0.4, 0.5) is 0 Å². The van der Waals surface area contributed by atoms with E-state index in [2.05, 4.69) is 15.9 Å². The molecule has 2 rings (SSSR count). The van der Waals surface area contributed by atoms with Crippen molar-refractivity contribution in [1.29, 1.82) is 0 Å². The predicted octanol–water partition coefficient (Wildman–Crippen LogP) is 4.58. The van der Waals surface area contributed by atoms with Gasteiger partial charge in [0.05, 0.1) is 0 Å². The van der Waals surface area contributed by atoms with Crippen molar-refractivity contribution in [2.75, 3.05) is 0 Å². The molecule has 0 fully saturated rings. The summed E-state index contributed by atoms with van der Waals surface area (Å²) >= 11 is 15.0. The number of halogens is 3. The van der Waals surface area contributed by atoms with Gasteiger partial charge in [-0.05, 0) is 17.2 Å². The molecule has 0 bridgehead atoms. The molecule has 1 aliphatic rings. The van der Waals surface area contributed by atoms with Gasteiger partial charge < -0.3 is 0 Å². The van der Waals surface area contributed by atoms with Crippen molar-refractivity contribution in [1.82, 2.24) is 0 Å². The molecule has 0 nitrogen and oxygen atoms in total. The molecule has 1 aromatic carbocycles. The first-order valence-electron chi connectivity index (χ1n) is 3.72. The van der Waals surface area contributed by atoms with Crippen LogP contribution in [-0.4, -0.2) is 0 Å². The van der Waals surface area contributed by atoms with Gasteiger partial charge in [-0.25, -0.2) is 0 Å². The summed E-state index contributed by atoms with van der Waals surface area (Å²) in [5, 5.41) is 0. The van der Waals surface area contributed by atoms with E-state index in [-0.39, 0.29) is 0 Å². The number of fused-ring (bicyclic) bond motifs is 1. The first-order valence-corrected chi connectivity index (χ1v) is 5.27. The Morgan fingerprint density at radius 3 is 2.31 bits per heavy atom. The summed E-state index contributed by atoms with van der Waals surface area (Å²) in [6.45, 7) is 0. The largest absolute Gasteiger partial charge is 0.114 e. The van der Waals surface area contributed by atoms with E-state index in [0.29, 0.717) is 4.49 Å². The molecular weight excluding hydrogens is 271 g/mol. The van der Waals surface area contributed by atoms with E-state index in [1.165, 1.54) is 0 Å². The fraction of sp³-hybridized carbons (Fsp3) is 0. The Balaban J connectivity index is 2.70. The van der Waals surface area contributed by atoms with Gasteiger partial charge in [-0.2, -0.15) is 0 Å². The molecule has 0 N–H and O–H groups in total. The monoisotopic (exact) mass is 274 g/mol. The zero-order valence-electron chi connectivity index (χ0n) is 6.52. The Morgan fingerprint density at radius 1 is 1.08 bits per heavy atom. The molecule has 66 valence electrons. The average Bonchev–Trinajstić information content (AvgIpc) is 2.45. The fourth-order valence-corrected chi connectivity index (χ4v) is 2.25. The maximum Gasteiger partial charge on any atom is 0.114 e. The summed E-state index contributed by atoms with van der Waals surface area (Å²) in [5.41, 5.74) is 3.09. The lowest BCUT2D eigenvalue weighted by molar-refractivity contribution is 1.61. The minimum atomic E-state index is 0.307. The Bertz CT molecular complexity index is 415. The normalized spacial score (nSPS) is 14.1. The van der Waals surface area contributed by atoms with E-state index in [4.69, 9.17) is 23.2 Å². The van der Waals surface area contributed by atoms with Crippen molar-refractivity contribution in [3.63, 3.8) is 0 Å². The maximum absolute atomic E-state index is 5.76. The molecular formula is C10H5BrCl2. The highest BCUT2D eigenvalue weighted by molar-refractivity contribution is 9.15. The molecule has 0 aliphatic heterocycles. The maximum atomic E-state index is 5.76. The van der Waals surface area contributed by atoms with Crippen LogP contribution in [-0.2, 0) is 0 Å². The molecule has 1 aromatic rings. The summed E-state index contributed by atoms with van der Waals surface area (Å²) in [7, 11) is 0. The topological polar surface area (TPSA) is 0 Å². The third-order valence-corrected chi connectivity index (χ3v) is 3.01. The van der Waals surface area contributed by atoms with Gasteiger partial charge >= 0.3 is 0 Å². The molecule has 0 amide bonds. The van der Waals surface area contributed by atoms with E-state index in [1.54, 1.807) is 0 Å². The van der Waals surface area contributed by atoms with E-state index in [9.17, 15) is 0 Å². The molecule has 13 heavy (non-hydrogen) atoms. The fourth-order valence-electron chi connectivity index (χ4n) is 1.36. The van der Waals surface area contributed by atoms with Crippen molar-refractivity contribution in [2.45, 2.75) is 0 Å². The number of benzene rings is 1. The smallest absolute Gasteiger partial charge is 0.0702 e. The van der Waals surface area contributed by atoms with Crippen LogP contribution in [0.25, 0.3) is 10.1 Å². The van der Waals surface area contributed by atoms with Gasteiger partial charge in [-0.15, -0.1) is 0 Å². The first kappa shape index (κ1) is 9.32. The summed E-state index contributed by atoms with van der Waals surface area (Å²) in [4.78, 5) is 0. The van der Waals surface area contributed by atoms with Crippen molar-refractivity contribution in [2.24, 2.45) is 0 Å². The number of allylic oxidation sites excluding steroid dienone is 2. The second kappa shape index (κ2) is 3.49. The van der Waals surface area contributed by atoms with Crippen molar-refractivity contribution in [3.05, 3.63) is 46.0 Å². The summed E-state index contributed by atoms with van der Waals surface area (Å²) in [5.74, 6) is 0. The van der Waals surface area contributed by atoms with Gasteiger partial charge in [0, 0.05) is 10.1 Å². The minimum Gasteiger partial charge on any atom is -0.0702 e. The Morgan fingerprint density at radius 2 is 1.69 bits per heavy atom. The lowest BCUT2D eigenvalue weighted by atomic mass is 10.1. The van der Waals surface area contributed by atoms with E-state index in [1.807, 2.05) is 30.3 Å². The Kier molecular flexibility index (Phi) is 2.50. The highest BCUT2D eigenvalue weighted by Crippen LogP contribution is 2.41. The third-order valence-electron chi connectivity index (χ3n) is 1.95. The Hall–Kier alpha value is -0.240. The van der Waals surface area contributed by atoms with E-state index >= 15 is 0 Å². The zero-order valence-corrected chi connectivity index (χ0v) is 9.62. The van der Waals surface area contributed by atoms with Gasteiger partial charge in [0.25, 0.3) is 0 Å². The summed E-state index contributed by atoms with van der Waals surface area (Å²) in [6, 6.07) is 7.98. The van der Waals surface area contributed by atoms with Gasteiger partial charge in [0.15, 0.2) is 0 Å². The van der Waals surface area contributed by atoms with Crippen LogP contribution in [0, 0.1) is 0 Å². The molecule has 0 spiro atoms. The molecule has 0 saturated carbocycles. The molecule has 0 unspecified atom stereocenters. The quantitative estimate of drug-likeness (QED) is 0.650. The molecule has 0 atom stereocenters. The second-order valence-electron chi connectivity index (χ2n) is 2.71. The van der Waals surface area contributed by atoms with Crippen LogP contribution in [0.15, 0.2) is 34.8 Å². The van der Waals surface area contributed by atoms with Crippen LogP contribution in [0.2, 0.25) is 0 Å². The highest BCUT2D eigenvalue weighted by atomic mass is 79.9. The lowest BCUT2D eigenvalue weighted by Crippen LogP contribution is -1.80. The first-order chi connectivity index (χ1) is 6.20. The number of hydrogen-bond acceptors (Lipinski definition) is 0. The van der Waals surface area contributed by atoms with Gasteiger partial charge in [0.1, 0.15) is 4.49 Å². The summed E-state index contributed by atoms with van der Waals surface area (Å²) < 4.78 is 1.33. The SMILES string of the molecule is ClC(Cl)=C1C=C(Br)c2ccccc21. The predicted molar refractivity (Wildman–Crippen MR) is 62.0 cm³/mol. The third kappa shape index (κ3) is 1.56. The molecule has 0 aromatic heterocycles. The molecule has 0 radical (unpaired) electrons. The van der Waals surface area contributed by atoms with E-state index < -0.39 is 0 Å². The van der Waals surface area contributed by atoms with Gasteiger partial charge in [0.2, 0.25) is 0 Å². The summed E-state index contributed by atoms with van der Waals surface area (Å²) in [6.07, 6.45) is 1.93. The van der Waals surface area contributed by atoms with E-state index in [0.717, 1.165) is 21.2 Å². The highest BCUT2D eigenvalue weighted by Gasteiger charge is 2.17. The average molecular weight is 276 g/mol. The lowest BCUT2D eigenvalue weighted by Gasteiger charge is -2.00. The van der Waals surface area contributed by atoms with Gasteiger partial charge in [-0.1, -0.05) is 63.4 Å². The second-order valence-corrected chi connectivity index (χ2v) is 4.52. The molecule has 0 heterocycles. The standard InChI is InChI=1S/C10H5BrCl2/c11-9-5-8(10(12)13)6-3-1-2-4-7(6)9/h1-5H. The van der Waals surface area contributed by atoms with Crippen LogP contribution >= 0.6 is 39.1 Å². The molecule has 3 heteroatoms. The van der Waals surface area contributed by atoms with Crippen molar-refractivity contribution < 1.29 is 0 Å². The zero-order chi connectivity index (χ0) is 9.42. The van der Waals surface area contributed by atoms with Crippen LogP contribution < -0.4 is 0 Å². The molecule has 1 aliphatic carbocycles. The number of hydrogen-bond donors (Lipinski definition) is 0. The van der Waals surface area contributed by atoms with Crippen molar-refractivity contribution >= 4 is 49.2 Å².